The predicted molar refractivity (Wildman–Crippen MR) is 198 cm³/mol. The first kappa shape index (κ1) is 30.1. The zero-order chi connectivity index (χ0) is 32.9. The van der Waals surface area contributed by atoms with Crippen LogP contribution < -0.4 is 4.90 Å². The van der Waals surface area contributed by atoms with Crippen LogP contribution in [0.15, 0.2) is 116 Å². The highest BCUT2D eigenvalue weighted by Gasteiger charge is 2.33. The largest absolute Gasteiger partial charge is 0.310 e. The van der Waals surface area contributed by atoms with Crippen molar-refractivity contribution in [1.29, 1.82) is 0 Å². The van der Waals surface area contributed by atoms with E-state index >= 15 is 0 Å². The maximum absolute atomic E-state index is 13.4. The third kappa shape index (κ3) is 5.38. The molecule has 0 atom stereocenters. The number of carbonyl (C=O) groups excluding carboxylic acids is 2. The van der Waals surface area contributed by atoms with Gasteiger partial charge in [-0.15, -0.1) is 0 Å². The van der Waals surface area contributed by atoms with E-state index in [-0.39, 0.29) is 22.6 Å². The first-order chi connectivity index (χ1) is 22.7. The summed E-state index contributed by atoms with van der Waals surface area (Å²) in [6.07, 6.45) is 11.7. The van der Waals surface area contributed by atoms with Gasteiger partial charge in [0.2, 0.25) is 0 Å². The number of allylic oxidation sites excluding steroid dienone is 2. The van der Waals surface area contributed by atoms with E-state index in [1.165, 1.54) is 16.7 Å². The Balaban J connectivity index is 1.28. The Morgan fingerprint density at radius 1 is 0.723 bits per heavy atom. The molecule has 0 radical (unpaired) electrons. The van der Waals surface area contributed by atoms with Crippen LogP contribution in [0.3, 0.4) is 0 Å². The molecule has 2 aliphatic rings. The summed E-state index contributed by atoms with van der Waals surface area (Å²) < 4.78 is 0. The minimum absolute atomic E-state index is 0.0630. The lowest BCUT2D eigenvalue weighted by Gasteiger charge is -2.30. The lowest BCUT2D eigenvalue weighted by atomic mass is 9.87. The van der Waals surface area contributed by atoms with Crippen molar-refractivity contribution < 1.29 is 9.59 Å². The Hall–Kier alpha value is -5.54. The summed E-state index contributed by atoms with van der Waals surface area (Å²) in [6, 6.07) is 31.5. The van der Waals surface area contributed by atoms with Gasteiger partial charge in [-0.1, -0.05) is 101 Å². The molecule has 230 valence electrons. The molecule has 5 aromatic rings. The van der Waals surface area contributed by atoms with Gasteiger partial charge in [-0.3, -0.25) is 9.59 Å². The average molecular weight is 612 g/mol. The van der Waals surface area contributed by atoms with Crippen molar-refractivity contribution in [3.05, 3.63) is 160 Å². The fourth-order valence-corrected chi connectivity index (χ4v) is 6.72. The van der Waals surface area contributed by atoms with Gasteiger partial charge in [-0.05, 0) is 111 Å². The number of anilines is 3. The van der Waals surface area contributed by atoms with E-state index in [2.05, 4.69) is 118 Å². The molecule has 0 aliphatic heterocycles. The van der Waals surface area contributed by atoms with Gasteiger partial charge in [0, 0.05) is 28.1 Å². The number of fused-ring (bicyclic) bond motifs is 3. The maximum Gasteiger partial charge on any atom is 0.197 e. The summed E-state index contributed by atoms with van der Waals surface area (Å²) in [5.41, 5.74) is 10.7. The Bertz CT molecular complexity index is 2140. The van der Waals surface area contributed by atoms with Crippen molar-refractivity contribution in [2.75, 3.05) is 4.90 Å². The highest BCUT2D eigenvalue weighted by Crippen LogP contribution is 2.41. The Kier molecular flexibility index (Phi) is 7.48. The summed E-state index contributed by atoms with van der Waals surface area (Å²) in [4.78, 5) is 29.0. The van der Waals surface area contributed by atoms with E-state index in [0.717, 1.165) is 57.4 Å². The second-order valence-electron chi connectivity index (χ2n) is 13.4. The highest BCUT2D eigenvalue weighted by atomic mass is 16.2. The molecule has 0 heterocycles. The van der Waals surface area contributed by atoms with Gasteiger partial charge in [0.1, 0.15) is 0 Å². The van der Waals surface area contributed by atoms with Crippen LogP contribution in [-0.2, 0) is 11.8 Å². The number of Topliss-reactive ketones (excluding diaryl/α,β-unsaturated/α-hetero) is 2. The quantitative estimate of drug-likeness (QED) is 0.142. The van der Waals surface area contributed by atoms with E-state index in [9.17, 15) is 9.59 Å². The molecule has 2 aliphatic carbocycles. The number of rotatable bonds is 6. The number of ketones is 2. The summed E-state index contributed by atoms with van der Waals surface area (Å²) in [7, 11) is 0. The predicted octanol–water partition coefficient (Wildman–Crippen LogP) is 11.3. The van der Waals surface area contributed by atoms with Crippen LogP contribution in [-0.4, -0.2) is 11.6 Å². The molecule has 0 aromatic heterocycles. The molecule has 0 saturated carbocycles. The van der Waals surface area contributed by atoms with Gasteiger partial charge in [-0.2, -0.15) is 0 Å². The van der Waals surface area contributed by atoms with E-state index in [1.54, 1.807) is 30.4 Å². The molecule has 0 spiro atoms. The minimum Gasteiger partial charge on any atom is -0.310 e. The summed E-state index contributed by atoms with van der Waals surface area (Å²) in [5.74, 6) is -0.514. The van der Waals surface area contributed by atoms with Crippen molar-refractivity contribution in [2.45, 2.75) is 39.0 Å². The highest BCUT2D eigenvalue weighted by molar-refractivity contribution is 6.41. The van der Waals surface area contributed by atoms with Crippen molar-refractivity contribution >= 4 is 63.7 Å². The van der Waals surface area contributed by atoms with Crippen molar-refractivity contribution in [1.82, 2.24) is 0 Å². The average Bonchev–Trinajstić information content (AvgIpc) is 3.31. The van der Waals surface area contributed by atoms with Crippen LogP contribution in [0.25, 0.3) is 35.1 Å². The number of carbonyl (C=O) groups is 2. The lowest BCUT2D eigenvalue weighted by Crippen LogP contribution is -2.14. The molecular formula is C44H37NO2. The van der Waals surface area contributed by atoms with Crippen LogP contribution in [0.2, 0.25) is 0 Å². The van der Waals surface area contributed by atoms with Crippen LogP contribution in [0.5, 0.6) is 0 Å². The molecule has 47 heavy (non-hydrogen) atoms. The van der Waals surface area contributed by atoms with Crippen LogP contribution in [0, 0.1) is 0 Å². The molecule has 3 nitrogen and oxygen atoms in total. The third-order valence-corrected chi connectivity index (χ3v) is 9.33. The number of hydrogen-bond acceptors (Lipinski definition) is 3. The number of hydrogen-bond donors (Lipinski definition) is 0. The zero-order valence-electron chi connectivity index (χ0n) is 27.1. The lowest BCUT2D eigenvalue weighted by molar-refractivity contribution is 0.0990. The van der Waals surface area contributed by atoms with E-state index in [1.807, 2.05) is 12.1 Å². The summed E-state index contributed by atoms with van der Waals surface area (Å²) in [6.45, 7) is 14.4. The van der Waals surface area contributed by atoms with Gasteiger partial charge in [-0.25, -0.2) is 0 Å². The monoisotopic (exact) mass is 611 g/mol. The van der Waals surface area contributed by atoms with Crippen LogP contribution in [0.4, 0.5) is 17.1 Å². The topological polar surface area (TPSA) is 37.4 Å². The standard InChI is InChI=1S/C44H37NO2/c1-6-29-26-38-39(27-30(29)7-2)43(47)40(42(38)46)24-28-15-16-33-25-36(20-17-32(33)23-28)45(35-21-18-34(19-22-35)44(3,4)5)41-14-10-12-31-11-8-9-13-37(31)41/h6-7,9-10,12-27H,1-2,8,11H2,3-5H3. The number of aryl methyl sites for hydroxylation is 1. The molecule has 0 amide bonds. The van der Waals surface area contributed by atoms with E-state index in [4.69, 9.17) is 0 Å². The van der Waals surface area contributed by atoms with Crippen molar-refractivity contribution in [3.63, 3.8) is 0 Å². The van der Waals surface area contributed by atoms with Crippen molar-refractivity contribution in [2.24, 2.45) is 0 Å². The summed E-state index contributed by atoms with van der Waals surface area (Å²) >= 11 is 0. The molecule has 3 heteroatoms. The molecule has 7 rings (SSSR count). The second kappa shape index (κ2) is 11.7. The number of nitrogens with zero attached hydrogens (tertiary/aromatic N) is 1. The first-order valence-electron chi connectivity index (χ1n) is 16.1. The van der Waals surface area contributed by atoms with Gasteiger partial charge >= 0.3 is 0 Å². The molecule has 0 saturated heterocycles. The normalized spacial score (nSPS) is 13.8. The smallest absolute Gasteiger partial charge is 0.197 e. The number of benzene rings is 5. The van der Waals surface area contributed by atoms with Crippen LogP contribution >= 0.6 is 0 Å². The van der Waals surface area contributed by atoms with Crippen molar-refractivity contribution in [3.8, 4) is 0 Å². The maximum atomic E-state index is 13.4. The third-order valence-electron chi connectivity index (χ3n) is 9.33. The fourth-order valence-electron chi connectivity index (χ4n) is 6.72. The van der Waals surface area contributed by atoms with Crippen LogP contribution in [0.1, 0.15) is 81.3 Å². The Morgan fingerprint density at radius 2 is 1.36 bits per heavy atom. The Labute approximate surface area is 276 Å². The van der Waals surface area contributed by atoms with E-state index < -0.39 is 0 Å². The Morgan fingerprint density at radius 3 is 2.02 bits per heavy atom. The molecular weight excluding hydrogens is 574 g/mol. The zero-order valence-corrected chi connectivity index (χ0v) is 27.1. The summed E-state index contributed by atoms with van der Waals surface area (Å²) in [5, 5.41) is 2.10. The molecule has 0 unspecified atom stereocenters. The first-order valence-corrected chi connectivity index (χ1v) is 16.1. The van der Waals surface area contributed by atoms with Gasteiger partial charge in [0.15, 0.2) is 11.6 Å². The minimum atomic E-state index is -0.257. The molecule has 0 N–H and O–H groups in total. The van der Waals surface area contributed by atoms with Gasteiger partial charge < -0.3 is 4.90 Å². The van der Waals surface area contributed by atoms with Gasteiger partial charge in [0.05, 0.1) is 11.3 Å². The fraction of sp³-hybridized carbons (Fsp3) is 0.136. The second-order valence-corrected chi connectivity index (χ2v) is 13.4. The molecule has 0 bridgehead atoms. The van der Waals surface area contributed by atoms with E-state index in [0.29, 0.717) is 11.1 Å². The molecule has 0 fully saturated rings. The molecule has 5 aromatic carbocycles. The van der Waals surface area contributed by atoms with Gasteiger partial charge in [0.25, 0.3) is 0 Å². The SMILES string of the molecule is C=Cc1cc2c(cc1C=C)C(=O)C(=Cc1ccc3cc(N(c4ccc(C(C)(C)C)cc4)c4cccc5c4C=CCC5)ccc3c1)C2=O.